The van der Waals surface area contributed by atoms with Crippen LogP contribution in [0.25, 0.3) is 0 Å². The van der Waals surface area contributed by atoms with Crippen LogP contribution in [0, 0.1) is 31.3 Å². The SMILES string of the molecule is Cc1ccc(Nc2cc(Nc3ccc(F)c(F)c3F)nc(C)n2)cc1. The molecular weight excluding hydrogens is 329 g/mol. The van der Waals surface area contributed by atoms with Crippen molar-refractivity contribution in [3.05, 3.63) is 71.3 Å². The van der Waals surface area contributed by atoms with Crippen molar-refractivity contribution in [1.82, 2.24) is 9.97 Å². The van der Waals surface area contributed by atoms with Crippen molar-refractivity contribution in [2.24, 2.45) is 0 Å². The number of aromatic nitrogens is 2. The number of hydrogen-bond acceptors (Lipinski definition) is 4. The summed E-state index contributed by atoms with van der Waals surface area (Å²) in [4.78, 5) is 8.39. The molecule has 0 atom stereocenters. The van der Waals surface area contributed by atoms with Gasteiger partial charge in [0.2, 0.25) is 0 Å². The summed E-state index contributed by atoms with van der Waals surface area (Å²) in [6.45, 7) is 3.66. The molecule has 0 aliphatic carbocycles. The molecule has 2 aromatic carbocycles. The first-order chi connectivity index (χ1) is 11.9. The molecule has 3 rings (SSSR count). The molecule has 1 aromatic heterocycles. The van der Waals surface area contributed by atoms with E-state index in [1.807, 2.05) is 31.2 Å². The Morgan fingerprint density at radius 2 is 1.40 bits per heavy atom. The van der Waals surface area contributed by atoms with E-state index in [1.54, 1.807) is 13.0 Å². The van der Waals surface area contributed by atoms with Gasteiger partial charge in [-0.2, -0.15) is 0 Å². The molecule has 25 heavy (non-hydrogen) atoms. The largest absolute Gasteiger partial charge is 0.340 e. The van der Waals surface area contributed by atoms with Gasteiger partial charge in [-0.05, 0) is 38.1 Å². The average Bonchev–Trinajstić information content (AvgIpc) is 2.57. The van der Waals surface area contributed by atoms with Crippen LogP contribution in [0.15, 0.2) is 42.5 Å². The number of halogens is 3. The summed E-state index contributed by atoms with van der Waals surface area (Å²) in [6.07, 6.45) is 0. The minimum Gasteiger partial charge on any atom is -0.340 e. The van der Waals surface area contributed by atoms with Gasteiger partial charge in [0.1, 0.15) is 17.5 Å². The number of rotatable bonds is 4. The molecule has 4 nitrogen and oxygen atoms in total. The highest BCUT2D eigenvalue weighted by Crippen LogP contribution is 2.24. The van der Waals surface area contributed by atoms with Gasteiger partial charge < -0.3 is 10.6 Å². The second-order valence-electron chi connectivity index (χ2n) is 5.52. The molecule has 3 aromatic rings. The molecule has 0 bridgehead atoms. The maximum Gasteiger partial charge on any atom is 0.196 e. The van der Waals surface area contributed by atoms with E-state index in [1.165, 1.54) is 0 Å². The van der Waals surface area contributed by atoms with Gasteiger partial charge in [-0.15, -0.1) is 0 Å². The van der Waals surface area contributed by atoms with Crippen LogP contribution in [0.2, 0.25) is 0 Å². The van der Waals surface area contributed by atoms with Gasteiger partial charge in [-0.3, -0.25) is 0 Å². The lowest BCUT2D eigenvalue weighted by Crippen LogP contribution is -2.04. The van der Waals surface area contributed by atoms with E-state index in [0.29, 0.717) is 11.6 Å². The Kier molecular flexibility index (Phi) is 4.56. The number of nitrogens with zero attached hydrogens (tertiary/aromatic N) is 2. The summed E-state index contributed by atoms with van der Waals surface area (Å²) in [5.74, 6) is -2.90. The third kappa shape index (κ3) is 3.88. The lowest BCUT2D eigenvalue weighted by molar-refractivity contribution is 0.449. The third-order valence-corrected chi connectivity index (χ3v) is 3.46. The highest BCUT2D eigenvalue weighted by Gasteiger charge is 2.14. The summed E-state index contributed by atoms with van der Waals surface area (Å²) in [5.41, 5.74) is 1.74. The highest BCUT2D eigenvalue weighted by molar-refractivity contribution is 5.63. The Morgan fingerprint density at radius 3 is 2.08 bits per heavy atom. The number of hydrogen-bond donors (Lipinski definition) is 2. The van der Waals surface area contributed by atoms with Gasteiger partial charge in [0.05, 0.1) is 5.69 Å². The van der Waals surface area contributed by atoms with Crippen molar-refractivity contribution in [2.75, 3.05) is 10.6 Å². The zero-order chi connectivity index (χ0) is 18.0. The Labute approximate surface area is 142 Å². The summed E-state index contributed by atoms with van der Waals surface area (Å²) >= 11 is 0. The van der Waals surface area contributed by atoms with Crippen molar-refractivity contribution in [3.63, 3.8) is 0 Å². The van der Waals surface area contributed by atoms with Crippen molar-refractivity contribution in [2.45, 2.75) is 13.8 Å². The van der Waals surface area contributed by atoms with Crippen LogP contribution >= 0.6 is 0 Å². The number of anilines is 4. The van der Waals surface area contributed by atoms with Gasteiger partial charge in [0.15, 0.2) is 17.5 Å². The molecule has 0 unspecified atom stereocenters. The predicted molar refractivity (Wildman–Crippen MR) is 90.8 cm³/mol. The fourth-order valence-corrected chi connectivity index (χ4v) is 2.24. The van der Waals surface area contributed by atoms with E-state index >= 15 is 0 Å². The summed E-state index contributed by atoms with van der Waals surface area (Å²) < 4.78 is 40.2. The molecule has 2 N–H and O–H groups in total. The molecule has 0 aliphatic rings. The van der Waals surface area contributed by atoms with Gasteiger partial charge in [-0.25, -0.2) is 23.1 Å². The molecule has 1 heterocycles. The Morgan fingerprint density at radius 1 is 0.760 bits per heavy atom. The molecule has 0 saturated heterocycles. The first-order valence-electron chi connectivity index (χ1n) is 7.52. The maximum absolute atomic E-state index is 13.8. The van der Waals surface area contributed by atoms with Crippen molar-refractivity contribution in [1.29, 1.82) is 0 Å². The molecule has 7 heteroatoms. The van der Waals surface area contributed by atoms with Crippen LogP contribution in [-0.4, -0.2) is 9.97 Å². The Hall–Kier alpha value is -3.09. The topological polar surface area (TPSA) is 49.8 Å². The second-order valence-corrected chi connectivity index (χ2v) is 5.52. The second kappa shape index (κ2) is 6.80. The monoisotopic (exact) mass is 344 g/mol. The summed E-state index contributed by atoms with van der Waals surface area (Å²) in [6, 6.07) is 11.2. The zero-order valence-corrected chi connectivity index (χ0v) is 13.6. The van der Waals surface area contributed by atoms with Crippen molar-refractivity contribution >= 4 is 23.0 Å². The minimum atomic E-state index is -1.53. The van der Waals surface area contributed by atoms with E-state index in [2.05, 4.69) is 20.6 Å². The summed E-state index contributed by atoms with van der Waals surface area (Å²) in [7, 11) is 0. The fraction of sp³-hybridized carbons (Fsp3) is 0.111. The minimum absolute atomic E-state index is 0.210. The maximum atomic E-state index is 13.8. The number of aryl methyl sites for hydroxylation is 2. The smallest absolute Gasteiger partial charge is 0.196 e. The predicted octanol–water partition coefficient (Wildman–Crippen LogP) is 5.00. The lowest BCUT2D eigenvalue weighted by Gasteiger charge is -2.11. The molecule has 0 saturated carbocycles. The number of nitrogens with one attached hydrogen (secondary N) is 2. The van der Waals surface area contributed by atoms with E-state index in [-0.39, 0.29) is 11.5 Å². The summed E-state index contributed by atoms with van der Waals surface area (Å²) in [5, 5.41) is 5.76. The molecular formula is C18H15F3N4. The molecule has 0 fully saturated rings. The van der Waals surface area contributed by atoms with Crippen LogP contribution in [0.5, 0.6) is 0 Å². The van der Waals surface area contributed by atoms with Crippen LogP contribution < -0.4 is 10.6 Å². The Bertz CT molecular complexity index is 911. The van der Waals surface area contributed by atoms with E-state index < -0.39 is 17.5 Å². The lowest BCUT2D eigenvalue weighted by atomic mass is 10.2. The Balaban J connectivity index is 1.87. The van der Waals surface area contributed by atoms with Crippen molar-refractivity contribution in [3.8, 4) is 0 Å². The van der Waals surface area contributed by atoms with Crippen molar-refractivity contribution < 1.29 is 13.2 Å². The zero-order valence-electron chi connectivity index (χ0n) is 13.6. The van der Waals surface area contributed by atoms with Crippen LogP contribution in [0.3, 0.4) is 0 Å². The molecule has 0 spiro atoms. The first-order valence-corrected chi connectivity index (χ1v) is 7.52. The van der Waals surface area contributed by atoms with Crippen LogP contribution in [0.4, 0.5) is 36.2 Å². The normalized spacial score (nSPS) is 10.6. The van der Waals surface area contributed by atoms with E-state index in [9.17, 15) is 13.2 Å². The van der Waals surface area contributed by atoms with Gasteiger partial charge >= 0.3 is 0 Å². The van der Waals surface area contributed by atoms with Crippen LogP contribution in [-0.2, 0) is 0 Å². The van der Waals surface area contributed by atoms with Crippen LogP contribution in [0.1, 0.15) is 11.4 Å². The van der Waals surface area contributed by atoms with E-state index in [4.69, 9.17) is 0 Å². The van der Waals surface area contributed by atoms with Gasteiger partial charge in [-0.1, -0.05) is 17.7 Å². The van der Waals surface area contributed by atoms with E-state index in [0.717, 1.165) is 23.4 Å². The fourth-order valence-electron chi connectivity index (χ4n) is 2.24. The average molecular weight is 344 g/mol. The third-order valence-electron chi connectivity index (χ3n) is 3.46. The standard InChI is InChI=1S/C18H15F3N4/c1-10-3-5-12(6-4-10)24-15-9-16(23-11(2)22-15)25-14-8-7-13(19)17(20)18(14)21/h3-9H,1-2H3,(H2,22,23,24,25). The van der Waals surface area contributed by atoms with Gasteiger partial charge in [0, 0.05) is 11.8 Å². The molecule has 0 amide bonds. The van der Waals surface area contributed by atoms with Gasteiger partial charge in [0.25, 0.3) is 0 Å². The quantitative estimate of drug-likeness (QED) is 0.654. The first kappa shape index (κ1) is 16.8. The number of benzene rings is 2. The highest BCUT2D eigenvalue weighted by atomic mass is 19.2. The molecule has 0 aliphatic heterocycles. The molecule has 0 radical (unpaired) electrons. The molecule has 128 valence electrons.